The molecule has 0 fully saturated rings. The third kappa shape index (κ3) is 2.15. The van der Waals surface area contributed by atoms with E-state index in [9.17, 15) is 10.1 Å². The number of fused-ring (bicyclic) bond motifs is 1. The summed E-state index contributed by atoms with van der Waals surface area (Å²) in [4.78, 5) is 17.2. The Morgan fingerprint density at radius 3 is 2.53 bits per heavy atom. The number of rotatable bonds is 2. The molecule has 0 aliphatic rings. The van der Waals surface area contributed by atoms with Crippen molar-refractivity contribution in [3.63, 3.8) is 0 Å². The summed E-state index contributed by atoms with van der Waals surface area (Å²) in [5.74, 6) is 0. The molecule has 0 saturated carbocycles. The van der Waals surface area contributed by atoms with Crippen molar-refractivity contribution in [2.75, 3.05) is 0 Å². The number of benzene rings is 1. The number of hydrogen-bond acceptors (Lipinski definition) is 3. The van der Waals surface area contributed by atoms with Gasteiger partial charge in [-0.3, -0.25) is 0 Å². The predicted octanol–water partition coefficient (Wildman–Crippen LogP) is 2.03. The summed E-state index contributed by atoms with van der Waals surface area (Å²) >= 11 is -2.27. The zero-order valence-electron chi connectivity index (χ0n) is 10.4. The van der Waals surface area contributed by atoms with Crippen LogP contribution in [0.2, 0.25) is 14.8 Å². The van der Waals surface area contributed by atoms with Crippen LogP contribution in [-0.4, -0.2) is 33.1 Å². The van der Waals surface area contributed by atoms with Crippen LogP contribution >= 0.6 is 0 Å². The molecule has 0 spiro atoms. The Morgan fingerprint density at radius 2 is 2.00 bits per heavy atom. The van der Waals surface area contributed by atoms with Gasteiger partial charge in [0.05, 0.1) is 0 Å². The van der Waals surface area contributed by atoms with Crippen LogP contribution in [0, 0.1) is 10.1 Å². The van der Waals surface area contributed by atoms with Crippen molar-refractivity contribution in [2.45, 2.75) is 14.8 Å². The molecule has 0 unspecified atom stereocenters. The molecule has 2 rings (SSSR count). The van der Waals surface area contributed by atoms with E-state index in [2.05, 4.69) is 19.9 Å². The molecule has 1 heterocycles. The van der Waals surface area contributed by atoms with E-state index >= 15 is 0 Å². The van der Waals surface area contributed by atoms with Gasteiger partial charge >= 0.3 is 104 Å². The number of aryl methyl sites for hydroxylation is 1. The Kier molecular flexibility index (Phi) is 2.89. The summed E-state index contributed by atoms with van der Waals surface area (Å²) in [6, 6.07) is 4.99. The molecule has 6 heteroatoms. The van der Waals surface area contributed by atoms with Crippen LogP contribution in [-0.2, 0) is 7.05 Å². The maximum atomic E-state index is 10.7. The van der Waals surface area contributed by atoms with E-state index in [-0.39, 0.29) is 10.6 Å². The molecule has 0 N–H and O–H groups in total. The summed E-state index contributed by atoms with van der Waals surface area (Å²) in [5, 5.41) is 16.4. The van der Waals surface area contributed by atoms with Crippen LogP contribution in [0.1, 0.15) is 0 Å². The van der Waals surface area contributed by atoms with Crippen LogP contribution in [0.15, 0.2) is 18.2 Å². The molecular weight excluding hydrogens is 325 g/mol. The van der Waals surface area contributed by atoms with Crippen LogP contribution in [0.25, 0.3) is 10.9 Å². The summed E-state index contributed by atoms with van der Waals surface area (Å²) < 4.78 is 2.92. The topological polar surface area (TPSA) is 61.0 Å². The van der Waals surface area contributed by atoms with Gasteiger partial charge in [-0.15, -0.1) is 0 Å². The van der Waals surface area contributed by atoms with Crippen LogP contribution in [0.5, 0.6) is 0 Å². The van der Waals surface area contributed by atoms with Crippen molar-refractivity contribution in [3.05, 3.63) is 28.3 Å². The molecule has 5 nitrogen and oxygen atoms in total. The Balaban J connectivity index is 2.74. The summed E-state index contributed by atoms with van der Waals surface area (Å²) in [6.45, 7) is 0. The zero-order chi connectivity index (χ0) is 12.8. The minimum absolute atomic E-state index is 0.121. The first-order valence-corrected chi connectivity index (χ1v) is 15.4. The number of nitro benzene ring substituents is 1. The van der Waals surface area contributed by atoms with Gasteiger partial charge in [-0.1, -0.05) is 0 Å². The fourth-order valence-electron chi connectivity index (χ4n) is 1.91. The third-order valence-electron chi connectivity index (χ3n) is 2.76. The zero-order valence-corrected chi connectivity index (χ0v) is 13.2. The molecule has 0 saturated heterocycles. The molecule has 0 atom stereocenters. The fourth-order valence-corrected chi connectivity index (χ4v) is 6.11. The summed E-state index contributed by atoms with van der Waals surface area (Å²) in [7, 11) is 1.84. The molecular formula is C11H15N3O2Sn. The van der Waals surface area contributed by atoms with Gasteiger partial charge in [-0.2, -0.15) is 0 Å². The van der Waals surface area contributed by atoms with Gasteiger partial charge in [0, 0.05) is 0 Å². The standard InChI is InChI=1S/C8H6N3O2.3CH3.Sn/c1-10-8-4-7(11(12)13)3-2-6(8)5-9-10;;;;/h2-4H,1H3;3*1H3;. The molecule has 0 bridgehead atoms. The average Bonchev–Trinajstić information content (AvgIpc) is 2.55. The van der Waals surface area contributed by atoms with Gasteiger partial charge in [0.1, 0.15) is 0 Å². The van der Waals surface area contributed by atoms with E-state index in [0.717, 1.165) is 10.9 Å². The maximum absolute atomic E-state index is 10.7. The molecule has 1 aromatic carbocycles. The molecule has 0 aliphatic heterocycles. The normalized spacial score (nSPS) is 12.0. The molecule has 1 aromatic heterocycles. The van der Waals surface area contributed by atoms with E-state index in [4.69, 9.17) is 0 Å². The first-order chi connectivity index (χ1) is 7.80. The first-order valence-electron chi connectivity index (χ1n) is 5.42. The number of hydrogen-bond donors (Lipinski definition) is 0. The fraction of sp³-hybridized carbons (Fsp3) is 0.364. The number of aromatic nitrogens is 2. The second-order valence-electron chi connectivity index (χ2n) is 5.18. The third-order valence-corrected chi connectivity index (χ3v) is 7.87. The second-order valence-corrected chi connectivity index (χ2v) is 19.4. The van der Waals surface area contributed by atoms with Gasteiger partial charge in [-0.05, 0) is 0 Å². The Hall–Kier alpha value is -1.11. The first kappa shape index (κ1) is 12.3. The van der Waals surface area contributed by atoms with Gasteiger partial charge in [0.15, 0.2) is 0 Å². The quantitative estimate of drug-likeness (QED) is 0.478. The molecule has 2 aromatic rings. The second kappa shape index (κ2) is 3.97. The molecule has 17 heavy (non-hydrogen) atoms. The van der Waals surface area contributed by atoms with E-state index in [1.807, 2.05) is 13.1 Å². The summed E-state index contributed by atoms with van der Waals surface area (Å²) in [6.07, 6.45) is 0. The van der Waals surface area contributed by atoms with Crippen LogP contribution < -0.4 is 3.71 Å². The molecule has 0 aliphatic carbocycles. The Labute approximate surface area is 103 Å². The van der Waals surface area contributed by atoms with Crippen molar-refractivity contribution in [1.29, 1.82) is 0 Å². The predicted molar refractivity (Wildman–Crippen MR) is 70.3 cm³/mol. The van der Waals surface area contributed by atoms with E-state index in [1.165, 1.54) is 3.71 Å². The average molecular weight is 340 g/mol. The monoisotopic (exact) mass is 341 g/mol. The van der Waals surface area contributed by atoms with Gasteiger partial charge in [-0.25, -0.2) is 0 Å². The van der Waals surface area contributed by atoms with Crippen molar-refractivity contribution in [3.8, 4) is 0 Å². The van der Waals surface area contributed by atoms with Crippen molar-refractivity contribution in [2.24, 2.45) is 7.05 Å². The van der Waals surface area contributed by atoms with Crippen molar-refractivity contribution in [1.82, 2.24) is 9.78 Å². The van der Waals surface area contributed by atoms with E-state index in [0.29, 0.717) is 0 Å². The number of nitro groups is 1. The number of non-ortho nitro benzene ring substituents is 1. The summed E-state index contributed by atoms with van der Waals surface area (Å²) in [5.41, 5.74) is 0.969. The van der Waals surface area contributed by atoms with Gasteiger partial charge < -0.3 is 0 Å². The van der Waals surface area contributed by atoms with Crippen LogP contribution in [0.4, 0.5) is 5.69 Å². The van der Waals surface area contributed by atoms with E-state index in [1.54, 1.807) is 16.8 Å². The SMILES string of the molecule is Cn1n[c]([Sn]([CH3])([CH3])[CH3])c2ccc([N+](=O)[O-])cc21. The molecule has 0 radical (unpaired) electrons. The van der Waals surface area contributed by atoms with Crippen molar-refractivity contribution < 1.29 is 4.92 Å². The minimum atomic E-state index is -2.27. The molecule has 0 amide bonds. The van der Waals surface area contributed by atoms with Gasteiger partial charge in [0.25, 0.3) is 0 Å². The van der Waals surface area contributed by atoms with Crippen LogP contribution in [0.3, 0.4) is 0 Å². The van der Waals surface area contributed by atoms with E-state index < -0.39 is 18.4 Å². The Morgan fingerprint density at radius 1 is 1.35 bits per heavy atom. The molecule has 90 valence electrons. The Bertz CT molecular complexity index is 599. The number of nitrogens with zero attached hydrogens (tertiary/aromatic N) is 3. The van der Waals surface area contributed by atoms with Crippen molar-refractivity contribution >= 4 is 38.7 Å². The van der Waals surface area contributed by atoms with Gasteiger partial charge in [0.2, 0.25) is 0 Å².